The number of aromatic nitrogens is 1. The third kappa shape index (κ3) is 3.60. The summed E-state index contributed by atoms with van der Waals surface area (Å²) in [6.07, 6.45) is 2.67. The van der Waals surface area contributed by atoms with E-state index in [-0.39, 0.29) is 11.9 Å². The van der Waals surface area contributed by atoms with E-state index in [1.165, 1.54) is 13.2 Å². The van der Waals surface area contributed by atoms with Gasteiger partial charge in [-0.1, -0.05) is 12.1 Å². The highest BCUT2D eigenvalue weighted by atomic mass is 19.1. The molecule has 1 saturated heterocycles. The van der Waals surface area contributed by atoms with Crippen LogP contribution in [-0.2, 0) is 4.74 Å². The van der Waals surface area contributed by atoms with Crippen molar-refractivity contribution < 1.29 is 18.6 Å². The highest BCUT2D eigenvalue weighted by Crippen LogP contribution is 2.35. The summed E-state index contributed by atoms with van der Waals surface area (Å²) in [5.41, 5.74) is 0.825. The average Bonchev–Trinajstić information content (AvgIpc) is 2.62. The van der Waals surface area contributed by atoms with Crippen LogP contribution < -0.4 is 14.8 Å². The maximum atomic E-state index is 14.2. The Hall–Kier alpha value is -2.18. The van der Waals surface area contributed by atoms with E-state index in [9.17, 15) is 4.39 Å². The molecule has 0 radical (unpaired) electrons. The van der Waals surface area contributed by atoms with Gasteiger partial charge in [0, 0.05) is 31.0 Å². The summed E-state index contributed by atoms with van der Waals surface area (Å²) in [4.78, 5) is 4.13. The summed E-state index contributed by atoms with van der Waals surface area (Å²) < 4.78 is 31.2. The zero-order chi connectivity index (χ0) is 16.1. The van der Waals surface area contributed by atoms with Gasteiger partial charge < -0.3 is 19.5 Å². The van der Waals surface area contributed by atoms with Gasteiger partial charge in [0.05, 0.1) is 13.7 Å². The fourth-order valence-electron chi connectivity index (χ4n) is 2.57. The van der Waals surface area contributed by atoms with Gasteiger partial charge in [-0.2, -0.15) is 0 Å². The zero-order valence-corrected chi connectivity index (χ0v) is 12.9. The van der Waals surface area contributed by atoms with Gasteiger partial charge in [0.2, 0.25) is 0 Å². The third-order valence-corrected chi connectivity index (χ3v) is 3.70. The highest BCUT2D eigenvalue weighted by molar-refractivity contribution is 5.41. The summed E-state index contributed by atoms with van der Waals surface area (Å²) in [6.45, 7) is 1.99. The van der Waals surface area contributed by atoms with E-state index in [0.29, 0.717) is 18.9 Å². The molecule has 1 aliphatic heterocycles. The van der Waals surface area contributed by atoms with Crippen LogP contribution in [-0.4, -0.2) is 37.9 Å². The first-order chi connectivity index (χ1) is 11.3. The van der Waals surface area contributed by atoms with Gasteiger partial charge in [-0.15, -0.1) is 0 Å². The molecule has 0 saturated carbocycles. The van der Waals surface area contributed by atoms with Crippen molar-refractivity contribution >= 4 is 0 Å². The minimum Gasteiger partial charge on any atom is -0.493 e. The number of nitrogens with one attached hydrogen (secondary N) is 1. The van der Waals surface area contributed by atoms with E-state index in [2.05, 4.69) is 10.3 Å². The first kappa shape index (κ1) is 15.7. The molecule has 5 nitrogen and oxygen atoms in total. The molecule has 2 aromatic rings. The topological polar surface area (TPSA) is 52.6 Å². The number of halogens is 1. The molecule has 2 atom stereocenters. The fourth-order valence-corrected chi connectivity index (χ4v) is 2.57. The van der Waals surface area contributed by atoms with Crippen molar-refractivity contribution in [1.82, 2.24) is 10.3 Å². The lowest BCUT2D eigenvalue weighted by atomic mass is 10.0. The highest BCUT2D eigenvalue weighted by Gasteiger charge is 2.30. The van der Waals surface area contributed by atoms with Gasteiger partial charge in [0.15, 0.2) is 23.4 Å². The van der Waals surface area contributed by atoms with Crippen LogP contribution >= 0.6 is 0 Å². The fraction of sp³-hybridized carbons (Fsp3) is 0.353. The van der Waals surface area contributed by atoms with Gasteiger partial charge in [-0.05, 0) is 18.2 Å². The lowest BCUT2D eigenvalue weighted by Gasteiger charge is -2.31. The largest absolute Gasteiger partial charge is 0.493 e. The second kappa shape index (κ2) is 7.39. The van der Waals surface area contributed by atoms with Crippen LogP contribution in [0.4, 0.5) is 4.39 Å². The first-order valence-electron chi connectivity index (χ1n) is 7.51. The van der Waals surface area contributed by atoms with E-state index >= 15 is 0 Å². The minimum absolute atomic E-state index is 0.0815. The molecule has 2 heterocycles. The number of ether oxygens (including phenoxy) is 3. The molecule has 23 heavy (non-hydrogen) atoms. The predicted molar refractivity (Wildman–Crippen MR) is 83.2 cm³/mol. The van der Waals surface area contributed by atoms with Crippen molar-refractivity contribution in [1.29, 1.82) is 0 Å². The molecule has 3 rings (SSSR count). The second-order valence-electron chi connectivity index (χ2n) is 5.21. The van der Waals surface area contributed by atoms with Crippen LogP contribution in [0.1, 0.15) is 11.7 Å². The molecule has 1 aliphatic rings. The molecule has 1 aromatic carbocycles. The van der Waals surface area contributed by atoms with Crippen molar-refractivity contribution in [2.75, 3.05) is 26.8 Å². The molecule has 0 bridgehead atoms. The predicted octanol–water partition coefficient (Wildman–Crippen LogP) is 2.34. The van der Waals surface area contributed by atoms with Crippen molar-refractivity contribution in [3.63, 3.8) is 0 Å². The minimum atomic E-state index is -0.484. The number of rotatable bonds is 5. The molecule has 1 fully saturated rings. The van der Waals surface area contributed by atoms with E-state index in [1.54, 1.807) is 24.5 Å². The lowest BCUT2D eigenvalue weighted by molar-refractivity contribution is -0.0449. The number of morpholine rings is 1. The summed E-state index contributed by atoms with van der Waals surface area (Å²) in [7, 11) is 1.49. The Labute approximate surface area is 134 Å². The van der Waals surface area contributed by atoms with Gasteiger partial charge in [-0.25, -0.2) is 4.39 Å². The van der Waals surface area contributed by atoms with Crippen molar-refractivity contribution in [3.05, 3.63) is 54.1 Å². The lowest BCUT2D eigenvalue weighted by Crippen LogP contribution is -2.43. The maximum Gasteiger partial charge on any atom is 0.197 e. The number of hydrogen-bond acceptors (Lipinski definition) is 5. The number of para-hydroxylation sites is 1. The number of nitrogens with zero attached hydrogens (tertiary/aromatic N) is 1. The van der Waals surface area contributed by atoms with Crippen LogP contribution in [0.3, 0.4) is 0 Å². The number of benzene rings is 1. The van der Waals surface area contributed by atoms with Crippen LogP contribution in [0.2, 0.25) is 0 Å². The summed E-state index contributed by atoms with van der Waals surface area (Å²) in [6, 6.07) is 8.30. The number of methoxy groups -OCH3 is 1. The van der Waals surface area contributed by atoms with E-state index in [4.69, 9.17) is 14.2 Å². The SMILES string of the molecule is COc1cccc(F)c1O[C@@H](c1cccnc1)[C@H]1CNCCO1. The molecular formula is C17H19FN2O3. The van der Waals surface area contributed by atoms with Crippen molar-refractivity contribution in [2.45, 2.75) is 12.2 Å². The smallest absolute Gasteiger partial charge is 0.197 e. The number of hydrogen-bond donors (Lipinski definition) is 1. The molecule has 0 aliphatic carbocycles. The summed E-state index contributed by atoms with van der Waals surface area (Å²) >= 11 is 0. The molecular weight excluding hydrogens is 299 g/mol. The Kier molecular flexibility index (Phi) is 5.05. The van der Waals surface area contributed by atoms with Crippen molar-refractivity contribution in [3.8, 4) is 11.5 Å². The second-order valence-corrected chi connectivity index (χ2v) is 5.21. The monoisotopic (exact) mass is 318 g/mol. The molecule has 0 unspecified atom stereocenters. The van der Waals surface area contributed by atoms with Gasteiger partial charge in [0.25, 0.3) is 0 Å². The number of pyridine rings is 1. The zero-order valence-electron chi connectivity index (χ0n) is 12.9. The molecule has 0 amide bonds. The van der Waals surface area contributed by atoms with E-state index < -0.39 is 11.9 Å². The molecule has 0 spiro atoms. The van der Waals surface area contributed by atoms with Crippen LogP contribution in [0.5, 0.6) is 11.5 Å². The summed E-state index contributed by atoms with van der Waals surface area (Å²) in [5.74, 6) is -0.0392. The Bertz CT molecular complexity index is 633. The Morgan fingerprint density at radius 2 is 2.26 bits per heavy atom. The van der Waals surface area contributed by atoms with Gasteiger partial charge in [0.1, 0.15) is 6.10 Å². The quantitative estimate of drug-likeness (QED) is 0.917. The van der Waals surface area contributed by atoms with Crippen LogP contribution in [0.15, 0.2) is 42.7 Å². The molecule has 6 heteroatoms. The van der Waals surface area contributed by atoms with Crippen LogP contribution in [0, 0.1) is 5.82 Å². The molecule has 1 N–H and O–H groups in total. The third-order valence-electron chi connectivity index (χ3n) is 3.70. The van der Waals surface area contributed by atoms with E-state index in [1.807, 2.05) is 12.1 Å². The van der Waals surface area contributed by atoms with Crippen LogP contribution in [0.25, 0.3) is 0 Å². The molecule has 1 aromatic heterocycles. The summed E-state index contributed by atoms with van der Waals surface area (Å²) in [5, 5.41) is 3.26. The Morgan fingerprint density at radius 3 is 2.96 bits per heavy atom. The van der Waals surface area contributed by atoms with Gasteiger partial charge >= 0.3 is 0 Å². The average molecular weight is 318 g/mol. The normalized spacial score (nSPS) is 19.1. The van der Waals surface area contributed by atoms with Crippen molar-refractivity contribution in [2.24, 2.45) is 0 Å². The van der Waals surface area contributed by atoms with E-state index in [0.717, 1.165) is 12.1 Å². The van der Waals surface area contributed by atoms with Gasteiger partial charge in [-0.3, -0.25) is 4.98 Å². The molecule has 122 valence electrons. The standard InChI is InChI=1S/C17H19FN2O3/c1-21-14-6-2-5-13(18)17(14)23-16(12-4-3-7-19-10-12)15-11-20-8-9-22-15/h2-7,10,15-16,20H,8-9,11H2,1H3/t15-,16+/m1/s1. The Balaban J connectivity index is 1.93. The maximum absolute atomic E-state index is 14.2. The Morgan fingerprint density at radius 1 is 1.35 bits per heavy atom. The first-order valence-corrected chi connectivity index (χ1v) is 7.51.